The smallest absolute Gasteiger partial charge is 0.243 e. The Labute approximate surface area is 178 Å². The number of aliphatic hydroxyl groups is 1. The molecule has 2 unspecified atom stereocenters. The first-order valence-electron chi connectivity index (χ1n) is 10.9. The second kappa shape index (κ2) is 9.04. The highest BCUT2D eigenvalue weighted by Crippen LogP contribution is 2.28. The molecule has 0 bridgehead atoms. The first kappa shape index (κ1) is 21.3. The van der Waals surface area contributed by atoms with E-state index in [9.17, 15) is 18.3 Å². The van der Waals surface area contributed by atoms with E-state index in [4.69, 9.17) is 0 Å². The van der Waals surface area contributed by atoms with Gasteiger partial charge in [-0.1, -0.05) is 43.2 Å². The van der Waals surface area contributed by atoms with Crippen molar-refractivity contribution in [3.05, 3.63) is 42.5 Å². The van der Waals surface area contributed by atoms with Crippen LogP contribution in [-0.4, -0.2) is 49.5 Å². The van der Waals surface area contributed by atoms with Crippen molar-refractivity contribution in [2.45, 2.75) is 49.5 Å². The second-order valence-corrected chi connectivity index (χ2v) is 10.5. The third kappa shape index (κ3) is 4.38. The van der Waals surface area contributed by atoms with Gasteiger partial charge in [-0.05, 0) is 48.6 Å². The van der Waals surface area contributed by atoms with Gasteiger partial charge in [0.2, 0.25) is 15.9 Å². The average molecular weight is 431 g/mol. The summed E-state index contributed by atoms with van der Waals surface area (Å²) in [6, 6.07) is 13.0. The molecule has 1 amide bonds. The Balaban J connectivity index is 1.38. The lowest BCUT2D eigenvalue weighted by atomic mass is 9.84. The maximum atomic E-state index is 13.1. The molecule has 0 aromatic heterocycles. The highest BCUT2D eigenvalue weighted by molar-refractivity contribution is 7.89. The maximum absolute atomic E-state index is 13.1. The SMILES string of the molecule is O=C(NC1CCCCC1CO)C1CCN(S(=O)(=O)c2ccc3ccccc3c2)CC1. The average Bonchev–Trinajstić information content (AvgIpc) is 2.79. The van der Waals surface area contributed by atoms with Crippen molar-refractivity contribution in [1.82, 2.24) is 9.62 Å². The van der Waals surface area contributed by atoms with E-state index in [0.29, 0.717) is 30.8 Å². The topological polar surface area (TPSA) is 86.7 Å². The number of carbonyl (C=O) groups excluding carboxylic acids is 1. The lowest BCUT2D eigenvalue weighted by Gasteiger charge is -2.34. The molecule has 2 aromatic carbocycles. The first-order valence-corrected chi connectivity index (χ1v) is 12.3. The number of benzene rings is 2. The van der Waals surface area contributed by atoms with Crippen molar-refractivity contribution in [2.75, 3.05) is 19.7 Å². The third-order valence-corrected chi connectivity index (χ3v) is 8.55. The van der Waals surface area contributed by atoms with Crippen LogP contribution in [0.25, 0.3) is 10.8 Å². The van der Waals surface area contributed by atoms with Crippen LogP contribution in [0.4, 0.5) is 0 Å². The summed E-state index contributed by atoms with van der Waals surface area (Å²) < 4.78 is 27.7. The minimum absolute atomic E-state index is 0.00287. The Morgan fingerprint density at radius 2 is 1.70 bits per heavy atom. The van der Waals surface area contributed by atoms with Crippen LogP contribution < -0.4 is 5.32 Å². The molecule has 0 spiro atoms. The fourth-order valence-corrected chi connectivity index (χ4v) is 6.26. The van der Waals surface area contributed by atoms with Crippen LogP contribution in [0.2, 0.25) is 0 Å². The van der Waals surface area contributed by atoms with Gasteiger partial charge in [0.25, 0.3) is 0 Å². The van der Waals surface area contributed by atoms with Crippen molar-refractivity contribution in [2.24, 2.45) is 11.8 Å². The molecule has 1 aliphatic carbocycles. The number of piperidine rings is 1. The van der Waals surface area contributed by atoms with Gasteiger partial charge in [0.1, 0.15) is 0 Å². The molecule has 162 valence electrons. The highest BCUT2D eigenvalue weighted by Gasteiger charge is 2.34. The molecule has 1 saturated heterocycles. The van der Waals surface area contributed by atoms with Crippen LogP contribution in [-0.2, 0) is 14.8 Å². The Morgan fingerprint density at radius 1 is 1.00 bits per heavy atom. The lowest BCUT2D eigenvalue weighted by molar-refractivity contribution is -0.127. The molecular formula is C23H30N2O4S. The van der Waals surface area contributed by atoms with Gasteiger partial charge in [0.05, 0.1) is 4.90 Å². The summed E-state index contributed by atoms with van der Waals surface area (Å²) >= 11 is 0. The number of fused-ring (bicyclic) bond motifs is 1. The van der Waals surface area contributed by atoms with Crippen LogP contribution in [0.5, 0.6) is 0 Å². The van der Waals surface area contributed by atoms with E-state index in [1.807, 2.05) is 30.3 Å². The number of nitrogens with one attached hydrogen (secondary N) is 1. The molecule has 2 atom stereocenters. The Morgan fingerprint density at radius 3 is 2.43 bits per heavy atom. The first-order chi connectivity index (χ1) is 14.5. The molecule has 0 radical (unpaired) electrons. The van der Waals surface area contributed by atoms with Crippen molar-refractivity contribution >= 4 is 26.7 Å². The van der Waals surface area contributed by atoms with Crippen LogP contribution in [0, 0.1) is 11.8 Å². The van der Waals surface area contributed by atoms with Gasteiger partial charge < -0.3 is 10.4 Å². The number of aliphatic hydroxyl groups excluding tert-OH is 1. The van der Waals surface area contributed by atoms with E-state index in [-0.39, 0.29) is 30.4 Å². The van der Waals surface area contributed by atoms with Crippen LogP contribution in [0.3, 0.4) is 0 Å². The normalized spacial score (nSPS) is 24.0. The lowest BCUT2D eigenvalue weighted by Crippen LogP contribution is -2.48. The molecule has 1 saturated carbocycles. The van der Waals surface area contributed by atoms with Gasteiger partial charge in [-0.15, -0.1) is 0 Å². The Hall–Kier alpha value is -1.96. The van der Waals surface area contributed by atoms with Crippen LogP contribution >= 0.6 is 0 Å². The van der Waals surface area contributed by atoms with Crippen LogP contribution in [0.1, 0.15) is 38.5 Å². The summed E-state index contributed by atoms with van der Waals surface area (Å²) in [7, 11) is -3.57. The molecule has 2 aliphatic rings. The van der Waals surface area contributed by atoms with Crippen LogP contribution in [0.15, 0.2) is 47.4 Å². The number of rotatable bonds is 5. The molecule has 7 heteroatoms. The summed E-state index contributed by atoms with van der Waals surface area (Å²) in [5.74, 6) is -0.0338. The standard InChI is InChI=1S/C23H30N2O4S/c26-16-20-7-3-4-8-22(20)24-23(27)18-11-13-25(14-12-18)30(28,29)21-10-9-17-5-1-2-6-19(17)15-21/h1-2,5-6,9-10,15,18,20,22,26H,3-4,7-8,11-14,16H2,(H,24,27). The Kier molecular flexibility index (Phi) is 6.41. The minimum Gasteiger partial charge on any atom is -0.396 e. The largest absolute Gasteiger partial charge is 0.396 e. The van der Waals surface area contributed by atoms with E-state index in [2.05, 4.69) is 5.32 Å². The van der Waals surface area contributed by atoms with Crippen molar-refractivity contribution in [1.29, 1.82) is 0 Å². The van der Waals surface area contributed by atoms with Gasteiger partial charge in [-0.3, -0.25) is 4.79 Å². The van der Waals surface area contributed by atoms with Crippen molar-refractivity contribution in [3.63, 3.8) is 0 Å². The number of amides is 1. The highest BCUT2D eigenvalue weighted by atomic mass is 32.2. The van der Waals surface area contributed by atoms with Gasteiger partial charge in [-0.2, -0.15) is 4.31 Å². The molecule has 1 heterocycles. The van der Waals surface area contributed by atoms with E-state index in [0.717, 1.165) is 36.5 Å². The molecule has 2 fully saturated rings. The summed E-state index contributed by atoms with van der Waals surface area (Å²) in [6.45, 7) is 0.802. The minimum atomic E-state index is -3.57. The van der Waals surface area contributed by atoms with E-state index in [1.165, 1.54) is 4.31 Å². The zero-order chi connectivity index (χ0) is 21.1. The summed E-state index contributed by atoms with van der Waals surface area (Å²) in [6.07, 6.45) is 5.08. The summed E-state index contributed by atoms with van der Waals surface area (Å²) in [5, 5.41) is 14.6. The quantitative estimate of drug-likeness (QED) is 0.764. The summed E-state index contributed by atoms with van der Waals surface area (Å²) in [5.41, 5.74) is 0. The van der Waals surface area contributed by atoms with Gasteiger partial charge in [0.15, 0.2) is 0 Å². The molecule has 2 aromatic rings. The van der Waals surface area contributed by atoms with Gasteiger partial charge in [0, 0.05) is 37.6 Å². The zero-order valence-corrected chi connectivity index (χ0v) is 18.0. The van der Waals surface area contributed by atoms with Crippen molar-refractivity contribution < 1.29 is 18.3 Å². The van der Waals surface area contributed by atoms with E-state index < -0.39 is 10.0 Å². The van der Waals surface area contributed by atoms with Gasteiger partial charge >= 0.3 is 0 Å². The van der Waals surface area contributed by atoms with E-state index >= 15 is 0 Å². The maximum Gasteiger partial charge on any atom is 0.243 e. The zero-order valence-electron chi connectivity index (χ0n) is 17.2. The predicted molar refractivity (Wildman–Crippen MR) is 116 cm³/mol. The third-order valence-electron chi connectivity index (χ3n) is 6.65. The fraction of sp³-hybridized carbons (Fsp3) is 0.522. The number of sulfonamides is 1. The monoisotopic (exact) mass is 430 g/mol. The van der Waals surface area contributed by atoms with E-state index in [1.54, 1.807) is 12.1 Å². The fourth-order valence-electron chi connectivity index (χ4n) is 4.75. The van der Waals surface area contributed by atoms with Gasteiger partial charge in [-0.25, -0.2) is 8.42 Å². The molecule has 4 rings (SSSR count). The van der Waals surface area contributed by atoms with Crippen molar-refractivity contribution in [3.8, 4) is 0 Å². The molecule has 30 heavy (non-hydrogen) atoms. The number of hydrogen-bond donors (Lipinski definition) is 2. The number of nitrogens with zero attached hydrogens (tertiary/aromatic N) is 1. The summed E-state index contributed by atoms with van der Waals surface area (Å²) in [4.78, 5) is 13.0. The molecular weight excluding hydrogens is 400 g/mol. The molecule has 2 N–H and O–H groups in total. The Bertz CT molecular complexity index is 999. The molecule has 6 nitrogen and oxygen atoms in total. The predicted octanol–water partition coefficient (Wildman–Crippen LogP) is 2.91. The number of hydrogen-bond acceptors (Lipinski definition) is 4. The number of carbonyl (C=O) groups is 1. The molecule has 1 aliphatic heterocycles. The second-order valence-electron chi connectivity index (χ2n) is 8.53.